The first kappa shape index (κ1) is 30.1. The third kappa shape index (κ3) is 10.1. The van der Waals surface area contributed by atoms with Gasteiger partial charge in [-0.1, -0.05) is 41.5 Å². The largest absolute Gasteiger partial charge is 0.508 e. The van der Waals surface area contributed by atoms with Gasteiger partial charge in [-0.3, -0.25) is 0 Å². The van der Waals surface area contributed by atoms with Crippen molar-refractivity contribution in [1.29, 1.82) is 0 Å². The van der Waals surface area contributed by atoms with Crippen molar-refractivity contribution < 1.29 is 28.8 Å². The van der Waals surface area contributed by atoms with E-state index in [1.807, 2.05) is 62.3 Å². The molecule has 6 heteroatoms. The molecule has 0 saturated heterocycles. The summed E-state index contributed by atoms with van der Waals surface area (Å²) in [6, 6.07) is 0. The number of hydrogen-bond acceptors (Lipinski definition) is 6. The standard InChI is InChI=1S/C25H50O6/c1-12-24(10,27)20(6)17-29-21(7)19(5)16-30-22(26)31-25(11,13-2)23(8,9)14-15-28-18(3)4/h18-21,27H,12-17H2,1-11H3. The van der Waals surface area contributed by atoms with Gasteiger partial charge in [0.05, 0.1) is 31.0 Å². The molecular formula is C25H50O6. The number of hydrogen-bond donors (Lipinski definition) is 1. The second-order valence-corrected chi connectivity index (χ2v) is 10.4. The Morgan fingerprint density at radius 2 is 1.48 bits per heavy atom. The lowest BCUT2D eigenvalue weighted by molar-refractivity contribution is -0.109. The van der Waals surface area contributed by atoms with Gasteiger partial charge in [0.2, 0.25) is 0 Å². The number of aliphatic hydroxyl groups is 1. The van der Waals surface area contributed by atoms with Gasteiger partial charge in [-0.25, -0.2) is 4.79 Å². The molecule has 0 aliphatic carbocycles. The van der Waals surface area contributed by atoms with Gasteiger partial charge in [-0.2, -0.15) is 0 Å². The quantitative estimate of drug-likeness (QED) is 0.312. The first-order chi connectivity index (χ1) is 14.1. The van der Waals surface area contributed by atoms with E-state index in [2.05, 4.69) is 13.8 Å². The molecule has 0 aliphatic heterocycles. The van der Waals surface area contributed by atoms with Crippen LogP contribution in [0, 0.1) is 17.3 Å². The van der Waals surface area contributed by atoms with Gasteiger partial charge in [0.25, 0.3) is 0 Å². The highest BCUT2D eigenvalue weighted by Crippen LogP contribution is 2.40. The van der Waals surface area contributed by atoms with Crippen LogP contribution in [0.25, 0.3) is 0 Å². The highest BCUT2D eigenvalue weighted by Gasteiger charge is 2.43. The van der Waals surface area contributed by atoms with Gasteiger partial charge < -0.3 is 24.1 Å². The van der Waals surface area contributed by atoms with E-state index < -0.39 is 17.4 Å². The molecular weight excluding hydrogens is 396 g/mol. The van der Waals surface area contributed by atoms with Crippen molar-refractivity contribution in [2.75, 3.05) is 19.8 Å². The van der Waals surface area contributed by atoms with E-state index in [1.54, 1.807) is 0 Å². The smallest absolute Gasteiger partial charge is 0.434 e. The first-order valence-electron chi connectivity index (χ1n) is 11.9. The van der Waals surface area contributed by atoms with E-state index in [-0.39, 0.29) is 36.1 Å². The lowest BCUT2D eigenvalue weighted by atomic mass is 9.72. The predicted molar refractivity (Wildman–Crippen MR) is 125 cm³/mol. The molecule has 31 heavy (non-hydrogen) atoms. The van der Waals surface area contributed by atoms with Crippen LogP contribution in [0.2, 0.25) is 0 Å². The number of rotatable bonds is 15. The van der Waals surface area contributed by atoms with Crippen molar-refractivity contribution in [2.24, 2.45) is 17.3 Å². The van der Waals surface area contributed by atoms with Crippen LogP contribution in [-0.4, -0.2) is 54.5 Å². The molecule has 5 unspecified atom stereocenters. The maximum absolute atomic E-state index is 12.5. The molecule has 1 N–H and O–H groups in total. The molecule has 0 radical (unpaired) electrons. The van der Waals surface area contributed by atoms with E-state index >= 15 is 0 Å². The Morgan fingerprint density at radius 1 is 0.903 bits per heavy atom. The molecule has 0 aliphatic rings. The highest BCUT2D eigenvalue weighted by atomic mass is 16.7. The van der Waals surface area contributed by atoms with E-state index in [0.29, 0.717) is 26.1 Å². The SMILES string of the molecule is CCC(C)(O)C(C)COC(C)C(C)COC(=O)OC(C)(CC)C(C)(C)CCOC(C)C. The lowest BCUT2D eigenvalue weighted by Gasteiger charge is -2.42. The van der Waals surface area contributed by atoms with Gasteiger partial charge in [0.15, 0.2) is 0 Å². The van der Waals surface area contributed by atoms with Crippen molar-refractivity contribution in [1.82, 2.24) is 0 Å². The summed E-state index contributed by atoms with van der Waals surface area (Å²) in [6.07, 6.45) is 1.56. The van der Waals surface area contributed by atoms with Gasteiger partial charge in [-0.15, -0.1) is 0 Å². The van der Waals surface area contributed by atoms with Crippen molar-refractivity contribution in [3.63, 3.8) is 0 Å². The van der Waals surface area contributed by atoms with Crippen LogP contribution >= 0.6 is 0 Å². The average Bonchev–Trinajstić information content (AvgIpc) is 2.68. The number of carbonyl (C=O) groups excluding carboxylic acids is 1. The van der Waals surface area contributed by atoms with E-state index in [0.717, 1.165) is 6.42 Å². The molecule has 186 valence electrons. The maximum Gasteiger partial charge on any atom is 0.508 e. The Labute approximate surface area is 191 Å². The Kier molecular flexibility index (Phi) is 12.6. The van der Waals surface area contributed by atoms with Crippen LogP contribution in [0.5, 0.6) is 0 Å². The summed E-state index contributed by atoms with van der Waals surface area (Å²) in [5, 5.41) is 10.3. The van der Waals surface area contributed by atoms with Crippen molar-refractivity contribution in [2.45, 2.75) is 119 Å². The highest BCUT2D eigenvalue weighted by molar-refractivity contribution is 5.60. The third-order valence-corrected chi connectivity index (χ3v) is 7.25. The fourth-order valence-corrected chi connectivity index (χ4v) is 3.04. The average molecular weight is 447 g/mol. The zero-order valence-corrected chi connectivity index (χ0v) is 22.0. The molecule has 5 atom stereocenters. The minimum Gasteiger partial charge on any atom is -0.434 e. The van der Waals surface area contributed by atoms with Crippen LogP contribution in [-0.2, 0) is 18.9 Å². The van der Waals surface area contributed by atoms with E-state index in [9.17, 15) is 9.90 Å². The van der Waals surface area contributed by atoms with Crippen LogP contribution in [0.1, 0.15) is 95.4 Å². The maximum atomic E-state index is 12.5. The Bertz CT molecular complexity index is 516. The van der Waals surface area contributed by atoms with Crippen molar-refractivity contribution in [3.05, 3.63) is 0 Å². The summed E-state index contributed by atoms with van der Waals surface area (Å²) in [7, 11) is 0. The fraction of sp³-hybridized carbons (Fsp3) is 0.960. The molecule has 0 amide bonds. The minimum absolute atomic E-state index is 0.00617. The minimum atomic E-state index is -0.749. The second kappa shape index (κ2) is 13.0. The Hall–Kier alpha value is -0.850. The zero-order valence-electron chi connectivity index (χ0n) is 22.0. The van der Waals surface area contributed by atoms with Gasteiger partial charge in [0, 0.05) is 23.9 Å². The Balaban J connectivity index is 4.65. The summed E-state index contributed by atoms with van der Waals surface area (Å²) in [4.78, 5) is 12.5. The number of carbonyl (C=O) groups is 1. The van der Waals surface area contributed by atoms with Crippen LogP contribution < -0.4 is 0 Å². The summed E-state index contributed by atoms with van der Waals surface area (Å²) in [5.41, 5.74) is -1.66. The lowest BCUT2D eigenvalue weighted by Crippen LogP contribution is -2.46. The molecule has 0 heterocycles. The van der Waals surface area contributed by atoms with Gasteiger partial charge in [-0.05, 0) is 53.9 Å². The molecule has 0 saturated carbocycles. The molecule has 0 bridgehead atoms. The molecule has 0 rings (SSSR count). The Morgan fingerprint density at radius 3 is 1.97 bits per heavy atom. The third-order valence-electron chi connectivity index (χ3n) is 7.25. The molecule has 0 aromatic carbocycles. The van der Waals surface area contributed by atoms with E-state index in [1.165, 1.54) is 0 Å². The normalized spacial score (nSPS) is 19.3. The van der Waals surface area contributed by atoms with Crippen LogP contribution in [0.15, 0.2) is 0 Å². The summed E-state index contributed by atoms with van der Waals surface area (Å²) in [6.45, 7) is 23.2. The second-order valence-electron chi connectivity index (χ2n) is 10.4. The van der Waals surface area contributed by atoms with Crippen molar-refractivity contribution in [3.8, 4) is 0 Å². The van der Waals surface area contributed by atoms with Gasteiger partial charge in [0.1, 0.15) is 5.60 Å². The molecule has 0 aromatic rings. The molecule has 0 spiro atoms. The molecule has 6 nitrogen and oxygen atoms in total. The van der Waals surface area contributed by atoms with Gasteiger partial charge >= 0.3 is 6.16 Å². The fourth-order valence-electron chi connectivity index (χ4n) is 3.04. The summed E-state index contributed by atoms with van der Waals surface area (Å²) in [5.74, 6) is 0.0249. The molecule has 0 fully saturated rings. The monoisotopic (exact) mass is 446 g/mol. The predicted octanol–water partition coefficient (Wildman–Crippen LogP) is 5.99. The van der Waals surface area contributed by atoms with Crippen LogP contribution in [0.4, 0.5) is 4.79 Å². The van der Waals surface area contributed by atoms with E-state index in [4.69, 9.17) is 18.9 Å². The topological polar surface area (TPSA) is 74.2 Å². The summed E-state index contributed by atoms with van der Waals surface area (Å²) < 4.78 is 22.9. The first-order valence-corrected chi connectivity index (χ1v) is 11.9. The zero-order chi connectivity index (χ0) is 24.5. The van der Waals surface area contributed by atoms with Crippen LogP contribution in [0.3, 0.4) is 0 Å². The molecule has 0 aromatic heterocycles. The summed E-state index contributed by atoms with van der Waals surface area (Å²) >= 11 is 0. The number of ether oxygens (including phenoxy) is 4. The van der Waals surface area contributed by atoms with Crippen molar-refractivity contribution >= 4 is 6.16 Å².